The third-order valence-electron chi connectivity index (χ3n) is 6.86. The molecule has 0 saturated carbocycles. The molecule has 0 radical (unpaired) electrons. The van der Waals surface area contributed by atoms with Crippen molar-refractivity contribution in [2.45, 2.75) is 39.0 Å². The predicted octanol–water partition coefficient (Wildman–Crippen LogP) is 5.46. The van der Waals surface area contributed by atoms with E-state index < -0.39 is 11.3 Å². The van der Waals surface area contributed by atoms with Crippen molar-refractivity contribution in [3.05, 3.63) is 79.7 Å². The minimum absolute atomic E-state index is 0.0279. The van der Waals surface area contributed by atoms with Crippen LogP contribution in [-0.4, -0.2) is 11.7 Å². The van der Waals surface area contributed by atoms with Crippen molar-refractivity contribution < 1.29 is 9.59 Å². The first-order chi connectivity index (χ1) is 16.0. The van der Waals surface area contributed by atoms with Crippen LogP contribution < -0.4 is 16.0 Å². The van der Waals surface area contributed by atoms with Crippen LogP contribution in [0.1, 0.15) is 37.8 Å². The SMILES string of the molecule is Cc1cc(Br)ccc1N1C(N)=C(C#N)C2(C(=O)Nc3ccc(Cl)cc32)C2=C1CC(C)(C)CC2=O. The number of fused-ring (bicyclic) bond motifs is 3. The Balaban J connectivity index is 1.92. The van der Waals surface area contributed by atoms with E-state index >= 15 is 0 Å². The molecule has 3 N–H and O–H groups in total. The normalized spacial score (nSPS) is 23.1. The Hall–Kier alpha value is -3.08. The van der Waals surface area contributed by atoms with Gasteiger partial charge in [-0.2, -0.15) is 5.26 Å². The number of Topliss-reactive ketones (excluding diaryl/α,β-unsaturated/α-hetero) is 1. The number of halogens is 2. The van der Waals surface area contributed by atoms with Gasteiger partial charge in [0.1, 0.15) is 17.3 Å². The van der Waals surface area contributed by atoms with E-state index in [1.807, 2.05) is 39.0 Å². The Labute approximate surface area is 211 Å². The molecule has 2 aromatic carbocycles. The van der Waals surface area contributed by atoms with Gasteiger partial charge in [-0.1, -0.05) is 41.4 Å². The van der Waals surface area contributed by atoms with Crippen LogP contribution in [0.5, 0.6) is 0 Å². The largest absolute Gasteiger partial charge is 0.384 e. The number of anilines is 2. The highest BCUT2D eigenvalue weighted by atomic mass is 79.9. The summed E-state index contributed by atoms with van der Waals surface area (Å²) in [7, 11) is 0. The Kier molecular flexibility index (Phi) is 4.98. The smallest absolute Gasteiger partial charge is 0.245 e. The molecule has 1 spiro atoms. The lowest BCUT2D eigenvalue weighted by Crippen LogP contribution is -2.52. The lowest BCUT2D eigenvalue weighted by atomic mass is 9.60. The lowest BCUT2D eigenvalue weighted by Gasteiger charge is -2.47. The molecule has 8 heteroatoms. The molecule has 1 atom stereocenters. The van der Waals surface area contributed by atoms with Gasteiger partial charge >= 0.3 is 0 Å². The first-order valence-corrected chi connectivity index (χ1v) is 12.0. The van der Waals surface area contributed by atoms with E-state index in [0.29, 0.717) is 34.0 Å². The number of aryl methyl sites for hydroxylation is 1. The van der Waals surface area contributed by atoms with Crippen molar-refractivity contribution >= 4 is 50.6 Å². The molecule has 0 saturated heterocycles. The number of hydrogen-bond acceptors (Lipinski definition) is 5. The van der Waals surface area contributed by atoms with Crippen LogP contribution in [-0.2, 0) is 15.0 Å². The Morgan fingerprint density at radius 1 is 1.18 bits per heavy atom. The maximum Gasteiger partial charge on any atom is 0.245 e. The predicted molar refractivity (Wildman–Crippen MR) is 135 cm³/mol. The standard InChI is InChI=1S/C26H22BrClN4O2/c1-13-8-14(27)4-7-19(13)32-20-10-25(2,3)11-21(33)22(20)26(17(12-29)23(32)30)16-9-15(28)5-6-18(16)31-24(26)34/h4-9H,10-11,30H2,1-3H3,(H,31,34). The van der Waals surface area contributed by atoms with Crippen LogP contribution in [0.2, 0.25) is 5.02 Å². The molecule has 3 aliphatic rings. The van der Waals surface area contributed by atoms with Gasteiger partial charge in [0, 0.05) is 38.4 Å². The summed E-state index contributed by atoms with van der Waals surface area (Å²) in [5, 5.41) is 13.7. The fraction of sp³-hybridized carbons (Fsp3) is 0.269. The highest BCUT2D eigenvalue weighted by molar-refractivity contribution is 9.10. The summed E-state index contributed by atoms with van der Waals surface area (Å²) in [6.07, 6.45) is 0.760. The van der Waals surface area contributed by atoms with Crippen molar-refractivity contribution in [2.24, 2.45) is 11.1 Å². The number of carbonyl (C=O) groups is 2. The van der Waals surface area contributed by atoms with E-state index in [1.54, 1.807) is 23.1 Å². The molecule has 5 rings (SSSR count). The van der Waals surface area contributed by atoms with Gasteiger partial charge in [-0.3, -0.25) is 14.5 Å². The molecule has 6 nitrogen and oxygen atoms in total. The summed E-state index contributed by atoms with van der Waals surface area (Å²) in [5.41, 5.74) is 8.40. The van der Waals surface area contributed by atoms with Gasteiger partial charge in [-0.15, -0.1) is 0 Å². The van der Waals surface area contributed by atoms with E-state index in [1.165, 1.54) is 0 Å². The number of benzene rings is 2. The minimum atomic E-state index is -1.64. The quantitative estimate of drug-likeness (QED) is 0.503. The lowest BCUT2D eigenvalue weighted by molar-refractivity contribution is -0.123. The van der Waals surface area contributed by atoms with E-state index in [-0.39, 0.29) is 29.0 Å². The van der Waals surface area contributed by atoms with Crippen LogP contribution >= 0.6 is 27.5 Å². The molecule has 1 unspecified atom stereocenters. The summed E-state index contributed by atoms with van der Waals surface area (Å²) < 4.78 is 0.901. The second kappa shape index (κ2) is 7.46. The zero-order valence-corrected chi connectivity index (χ0v) is 21.3. The molecule has 2 aliphatic heterocycles. The summed E-state index contributed by atoms with van der Waals surface area (Å²) in [6.45, 7) is 5.98. The average molecular weight is 538 g/mol. The Bertz CT molecular complexity index is 1420. The third kappa shape index (κ3) is 2.98. The number of allylic oxidation sites excluding steroid dienone is 1. The second-order valence-corrected chi connectivity index (χ2v) is 11.1. The highest BCUT2D eigenvalue weighted by Crippen LogP contribution is 2.57. The fourth-order valence-electron chi connectivity index (χ4n) is 5.54. The molecule has 2 aromatic rings. The topological polar surface area (TPSA) is 99.2 Å². The van der Waals surface area contributed by atoms with Crippen LogP contribution in [0.4, 0.5) is 11.4 Å². The van der Waals surface area contributed by atoms with Crippen molar-refractivity contribution in [1.82, 2.24) is 0 Å². The van der Waals surface area contributed by atoms with E-state index in [2.05, 4.69) is 27.3 Å². The van der Waals surface area contributed by atoms with Gasteiger partial charge in [0.05, 0.1) is 11.3 Å². The average Bonchev–Trinajstić information content (AvgIpc) is 3.00. The van der Waals surface area contributed by atoms with Crippen LogP contribution in [0.3, 0.4) is 0 Å². The zero-order valence-electron chi connectivity index (χ0n) is 18.9. The van der Waals surface area contributed by atoms with Crippen LogP contribution in [0.25, 0.3) is 0 Å². The zero-order chi connectivity index (χ0) is 24.6. The summed E-state index contributed by atoms with van der Waals surface area (Å²) in [4.78, 5) is 29.4. The second-order valence-electron chi connectivity index (χ2n) is 9.79. The maximum absolute atomic E-state index is 13.9. The van der Waals surface area contributed by atoms with Crippen LogP contribution in [0, 0.1) is 23.7 Å². The van der Waals surface area contributed by atoms with Gasteiger partial charge in [0.2, 0.25) is 5.91 Å². The molecular formula is C26H22BrClN4O2. The Morgan fingerprint density at radius 2 is 1.91 bits per heavy atom. The van der Waals surface area contributed by atoms with Gasteiger partial charge < -0.3 is 11.1 Å². The molecule has 2 heterocycles. The van der Waals surface area contributed by atoms with E-state index in [4.69, 9.17) is 17.3 Å². The van der Waals surface area contributed by atoms with Crippen LogP contribution in [0.15, 0.2) is 63.5 Å². The van der Waals surface area contributed by atoms with Crippen molar-refractivity contribution in [3.8, 4) is 6.07 Å². The van der Waals surface area contributed by atoms with Crippen molar-refractivity contribution in [3.63, 3.8) is 0 Å². The Morgan fingerprint density at radius 3 is 2.59 bits per heavy atom. The number of ketones is 1. The van der Waals surface area contributed by atoms with E-state index in [0.717, 1.165) is 15.7 Å². The molecule has 1 aliphatic carbocycles. The number of rotatable bonds is 1. The number of carbonyl (C=O) groups excluding carboxylic acids is 2. The number of amides is 1. The molecule has 0 bridgehead atoms. The molecule has 34 heavy (non-hydrogen) atoms. The first-order valence-electron chi connectivity index (χ1n) is 10.9. The van der Waals surface area contributed by atoms with Crippen molar-refractivity contribution in [1.29, 1.82) is 5.26 Å². The number of hydrogen-bond donors (Lipinski definition) is 2. The summed E-state index contributed by atoms with van der Waals surface area (Å²) in [5.74, 6) is -0.494. The highest BCUT2D eigenvalue weighted by Gasteiger charge is 2.61. The molecule has 0 aromatic heterocycles. The monoisotopic (exact) mass is 536 g/mol. The molecule has 0 fully saturated rings. The molecular weight excluding hydrogens is 516 g/mol. The molecule has 1 amide bonds. The maximum atomic E-state index is 13.9. The summed E-state index contributed by atoms with van der Waals surface area (Å²) >= 11 is 9.83. The van der Waals surface area contributed by atoms with Crippen molar-refractivity contribution in [2.75, 3.05) is 10.2 Å². The molecule has 172 valence electrons. The third-order valence-corrected chi connectivity index (χ3v) is 7.58. The number of nitrogens with zero attached hydrogens (tertiary/aromatic N) is 2. The number of nitrogens with one attached hydrogen (secondary N) is 1. The van der Waals surface area contributed by atoms with Gasteiger partial charge in [0.25, 0.3) is 0 Å². The fourth-order valence-corrected chi connectivity index (χ4v) is 6.18. The number of nitrogens with two attached hydrogens (primary N) is 1. The number of nitriles is 1. The van der Waals surface area contributed by atoms with Gasteiger partial charge in [-0.05, 0) is 60.7 Å². The summed E-state index contributed by atoms with van der Waals surface area (Å²) in [6, 6.07) is 12.9. The van der Waals surface area contributed by atoms with Gasteiger partial charge in [-0.25, -0.2) is 0 Å². The van der Waals surface area contributed by atoms with E-state index in [9.17, 15) is 14.9 Å². The first kappa shape index (κ1) is 22.7. The van der Waals surface area contributed by atoms with Gasteiger partial charge in [0.15, 0.2) is 5.78 Å². The minimum Gasteiger partial charge on any atom is -0.384 e.